The van der Waals surface area contributed by atoms with Gasteiger partial charge in [0.15, 0.2) is 0 Å². The number of alkyl halides is 1. The van der Waals surface area contributed by atoms with Gasteiger partial charge in [-0.15, -0.1) is 0 Å². The quantitative estimate of drug-likeness (QED) is 0.826. The zero-order chi connectivity index (χ0) is 19.2. The number of benzene rings is 1. The van der Waals surface area contributed by atoms with Crippen LogP contribution in [0.15, 0.2) is 18.7 Å². The molecule has 0 amide bonds. The Kier molecular flexibility index (Phi) is 7.57. The van der Waals surface area contributed by atoms with Gasteiger partial charge in [-0.25, -0.2) is 8.78 Å². The molecule has 0 saturated carbocycles. The average molecular weight is 350 g/mol. The Morgan fingerprint density at radius 2 is 2.12 bits per heavy atom. The van der Waals surface area contributed by atoms with Crippen molar-refractivity contribution in [3.63, 3.8) is 0 Å². The second kappa shape index (κ2) is 8.96. The molecule has 1 fully saturated rings. The number of rotatable bonds is 4. The van der Waals surface area contributed by atoms with Gasteiger partial charge in [0, 0.05) is 36.1 Å². The third-order valence-corrected chi connectivity index (χ3v) is 4.68. The first-order valence-corrected chi connectivity index (χ1v) is 8.67. The maximum Gasteiger partial charge on any atom is 0.128 e. The second-order valence-corrected chi connectivity index (χ2v) is 6.68. The van der Waals surface area contributed by atoms with Gasteiger partial charge in [0.2, 0.25) is 0 Å². The maximum atomic E-state index is 14.4. The third kappa shape index (κ3) is 5.02. The molecule has 1 heterocycles. The molecule has 0 aliphatic carbocycles. The van der Waals surface area contributed by atoms with Crippen LogP contribution in [0, 0.1) is 22.6 Å². The molecule has 0 aromatic heterocycles. The Bertz CT molecular complexity index is 654. The number of allylic oxidation sites excluding steroid dienone is 1. The molecule has 1 aliphatic rings. The molecule has 2 rings (SSSR count). The molecular formula is C20H28F2N2O. The number of phenolic OH excluding ortho intramolecular Hbond substituents is 1. The van der Waals surface area contributed by atoms with Crippen molar-refractivity contribution in [1.29, 1.82) is 5.26 Å². The van der Waals surface area contributed by atoms with Crippen LogP contribution in [0.3, 0.4) is 0 Å². The van der Waals surface area contributed by atoms with E-state index in [-0.39, 0.29) is 25.3 Å². The van der Waals surface area contributed by atoms with Gasteiger partial charge in [-0.1, -0.05) is 27.4 Å². The van der Waals surface area contributed by atoms with Crippen LogP contribution in [0.2, 0.25) is 0 Å². The van der Waals surface area contributed by atoms with Gasteiger partial charge in [-0.2, -0.15) is 5.26 Å². The number of nitrogens with zero attached hydrogens (tertiary/aromatic N) is 2. The van der Waals surface area contributed by atoms with Crippen LogP contribution < -0.4 is 0 Å². The summed E-state index contributed by atoms with van der Waals surface area (Å²) in [7, 11) is 0. The number of piperidine rings is 1. The van der Waals surface area contributed by atoms with E-state index in [1.165, 1.54) is 12.1 Å². The van der Waals surface area contributed by atoms with Crippen LogP contribution in [-0.4, -0.2) is 29.3 Å². The van der Waals surface area contributed by atoms with Crippen LogP contribution in [0.5, 0.6) is 5.75 Å². The minimum Gasteiger partial charge on any atom is -0.507 e. The summed E-state index contributed by atoms with van der Waals surface area (Å²) in [6.07, 6.45) is -0.383. The summed E-state index contributed by atoms with van der Waals surface area (Å²) >= 11 is 0. The minimum absolute atomic E-state index is 0.0166. The molecule has 2 unspecified atom stereocenters. The monoisotopic (exact) mass is 350 g/mol. The molecule has 0 radical (unpaired) electrons. The molecule has 25 heavy (non-hydrogen) atoms. The molecule has 1 aromatic carbocycles. The van der Waals surface area contributed by atoms with E-state index in [1.807, 2.05) is 24.8 Å². The Hall–Kier alpha value is -1.93. The molecule has 138 valence electrons. The van der Waals surface area contributed by atoms with Crippen molar-refractivity contribution in [3.05, 3.63) is 35.7 Å². The fraction of sp³-hybridized carbons (Fsp3) is 0.550. The van der Waals surface area contributed by atoms with Crippen LogP contribution in [0.25, 0.3) is 5.57 Å². The number of aromatic hydroxyl groups is 1. The molecule has 2 atom stereocenters. The Morgan fingerprint density at radius 1 is 1.48 bits per heavy atom. The van der Waals surface area contributed by atoms with Crippen LogP contribution in [0.1, 0.15) is 51.7 Å². The number of hydrogen-bond donors (Lipinski definition) is 1. The lowest BCUT2D eigenvalue weighted by Gasteiger charge is -2.41. The first kappa shape index (κ1) is 21.1. The molecule has 1 aliphatic heterocycles. The highest BCUT2D eigenvalue weighted by molar-refractivity contribution is 5.67. The number of halogens is 2. The summed E-state index contributed by atoms with van der Waals surface area (Å²) in [6.45, 7) is 12.2. The van der Waals surface area contributed by atoms with Gasteiger partial charge in [0.25, 0.3) is 0 Å². The normalized spacial score (nSPS) is 23.3. The summed E-state index contributed by atoms with van der Waals surface area (Å²) in [5, 5.41) is 18.8. The first-order valence-electron chi connectivity index (χ1n) is 8.67. The fourth-order valence-corrected chi connectivity index (χ4v) is 2.94. The number of likely N-dealkylation sites (tertiary alicyclic amines) is 1. The largest absolute Gasteiger partial charge is 0.507 e. The average Bonchev–Trinajstić information content (AvgIpc) is 2.56. The van der Waals surface area contributed by atoms with E-state index < -0.39 is 17.4 Å². The van der Waals surface area contributed by atoms with Gasteiger partial charge >= 0.3 is 0 Å². The van der Waals surface area contributed by atoms with Crippen molar-refractivity contribution < 1.29 is 13.9 Å². The van der Waals surface area contributed by atoms with E-state index in [4.69, 9.17) is 5.26 Å². The van der Waals surface area contributed by atoms with Crippen molar-refractivity contribution in [3.8, 4) is 11.8 Å². The fourth-order valence-electron chi connectivity index (χ4n) is 2.94. The second-order valence-electron chi connectivity index (χ2n) is 6.68. The van der Waals surface area contributed by atoms with E-state index >= 15 is 0 Å². The van der Waals surface area contributed by atoms with Gasteiger partial charge in [-0.05, 0) is 37.6 Å². The summed E-state index contributed by atoms with van der Waals surface area (Å²) in [5.41, 5.74) is 0.677. The van der Waals surface area contributed by atoms with Crippen molar-refractivity contribution >= 4 is 5.57 Å². The van der Waals surface area contributed by atoms with Crippen molar-refractivity contribution in [2.45, 2.75) is 53.3 Å². The molecule has 0 bridgehead atoms. The molecule has 1 aromatic rings. The van der Waals surface area contributed by atoms with E-state index in [9.17, 15) is 13.9 Å². The summed E-state index contributed by atoms with van der Waals surface area (Å²) in [6, 6.07) is 4.70. The van der Waals surface area contributed by atoms with Gasteiger partial charge in [0.05, 0.1) is 6.07 Å². The first-order chi connectivity index (χ1) is 11.8. The highest BCUT2D eigenvalue weighted by atomic mass is 19.1. The molecule has 5 heteroatoms. The molecular weight excluding hydrogens is 322 g/mol. The number of phenols is 1. The standard InChI is InChI=1S/C18H22F2N2O.C2H6/c1-12(2)14-9-15(19)13(8-16(14)23)10-22-7-5-18(3,4-6-21)17(20)11-22;1-2/h8-9,17,23H,1,4-5,7,10-11H2,2-3H3;1-2H3. The lowest BCUT2D eigenvalue weighted by Crippen LogP contribution is -2.47. The van der Waals surface area contributed by atoms with Crippen LogP contribution in [-0.2, 0) is 6.54 Å². The zero-order valence-electron chi connectivity index (χ0n) is 15.6. The molecule has 0 spiro atoms. The van der Waals surface area contributed by atoms with E-state index in [0.717, 1.165) is 0 Å². The lowest BCUT2D eigenvalue weighted by molar-refractivity contribution is 0.0182. The molecule has 1 saturated heterocycles. The van der Waals surface area contributed by atoms with E-state index in [0.29, 0.717) is 29.7 Å². The maximum absolute atomic E-state index is 14.4. The van der Waals surface area contributed by atoms with Crippen molar-refractivity contribution in [1.82, 2.24) is 4.90 Å². The molecule has 1 N–H and O–H groups in total. The third-order valence-electron chi connectivity index (χ3n) is 4.68. The summed E-state index contributed by atoms with van der Waals surface area (Å²) < 4.78 is 28.6. The smallest absolute Gasteiger partial charge is 0.128 e. The number of nitriles is 1. The van der Waals surface area contributed by atoms with Gasteiger partial charge < -0.3 is 5.11 Å². The lowest BCUT2D eigenvalue weighted by atomic mass is 9.76. The SMILES string of the molecule is C=C(C)c1cc(F)c(CN2CCC(C)(CC#N)C(F)C2)cc1O.CC. The van der Waals surface area contributed by atoms with Crippen molar-refractivity contribution in [2.24, 2.45) is 5.41 Å². The summed E-state index contributed by atoms with van der Waals surface area (Å²) in [4.78, 5) is 1.82. The molecule has 3 nitrogen and oxygen atoms in total. The van der Waals surface area contributed by atoms with E-state index in [2.05, 4.69) is 6.58 Å². The topological polar surface area (TPSA) is 47.3 Å². The van der Waals surface area contributed by atoms with E-state index in [1.54, 1.807) is 13.8 Å². The Morgan fingerprint density at radius 3 is 2.64 bits per heavy atom. The van der Waals surface area contributed by atoms with Crippen LogP contribution in [0.4, 0.5) is 8.78 Å². The van der Waals surface area contributed by atoms with Crippen molar-refractivity contribution in [2.75, 3.05) is 13.1 Å². The zero-order valence-corrected chi connectivity index (χ0v) is 15.6. The Labute approximate surface area is 149 Å². The highest BCUT2D eigenvalue weighted by Gasteiger charge is 2.39. The van der Waals surface area contributed by atoms with Crippen LogP contribution >= 0.6 is 0 Å². The van der Waals surface area contributed by atoms with Gasteiger partial charge in [0.1, 0.15) is 17.7 Å². The number of hydrogen-bond acceptors (Lipinski definition) is 3. The minimum atomic E-state index is -1.12. The predicted molar refractivity (Wildman–Crippen MR) is 97.2 cm³/mol. The summed E-state index contributed by atoms with van der Waals surface area (Å²) in [5.74, 6) is -0.446. The van der Waals surface area contributed by atoms with Gasteiger partial charge in [-0.3, -0.25) is 4.90 Å². The Balaban J connectivity index is 0.00000151. The predicted octanol–water partition coefficient (Wildman–Crippen LogP) is 5.05. The highest BCUT2D eigenvalue weighted by Crippen LogP contribution is 2.37.